The molecule has 1 aromatic carbocycles. The molecule has 0 saturated carbocycles. The van der Waals surface area contributed by atoms with Crippen LogP contribution in [0.25, 0.3) is 6.08 Å². The van der Waals surface area contributed by atoms with Crippen LogP contribution in [0.4, 0.5) is 0 Å². The number of ether oxygens (including phenoxy) is 1. The zero-order chi connectivity index (χ0) is 18.8. The minimum absolute atomic E-state index is 0.0391. The van der Waals surface area contributed by atoms with Gasteiger partial charge in [-0.2, -0.15) is 0 Å². The van der Waals surface area contributed by atoms with Gasteiger partial charge < -0.3 is 4.74 Å². The van der Waals surface area contributed by atoms with Gasteiger partial charge in [-0.15, -0.1) is 0 Å². The highest BCUT2D eigenvalue weighted by Crippen LogP contribution is 2.34. The smallest absolute Gasteiger partial charge is 0.266 e. The normalized spacial score (nSPS) is 17.3. The van der Waals surface area contributed by atoms with E-state index < -0.39 is 0 Å². The topological polar surface area (TPSA) is 41.9 Å². The summed E-state index contributed by atoms with van der Waals surface area (Å²) < 4.78 is 5.70. The van der Waals surface area contributed by atoms with Gasteiger partial charge in [0.25, 0.3) is 5.91 Å². The highest BCUT2D eigenvalue weighted by atomic mass is 32.2. The van der Waals surface area contributed by atoms with E-state index in [-0.39, 0.29) is 5.91 Å². The minimum Gasteiger partial charge on any atom is -0.489 e. The molecule has 0 N–H and O–H groups in total. The Kier molecular flexibility index (Phi) is 8.48. The molecule has 1 fully saturated rings. The molecule has 1 aliphatic rings. The molecule has 0 aromatic heterocycles. The predicted octanol–water partition coefficient (Wildman–Crippen LogP) is 5.12. The van der Waals surface area contributed by atoms with Crippen molar-refractivity contribution in [3.05, 3.63) is 47.4 Å². The monoisotopic (exact) mass is 372 g/mol. The Morgan fingerprint density at radius 1 is 1.23 bits per heavy atom. The quantitative estimate of drug-likeness (QED) is 0.325. The molecule has 0 bridgehead atoms. The molecule has 0 atom stereocenters. The third kappa shape index (κ3) is 5.49. The average molecular weight is 373 g/mol. The van der Waals surface area contributed by atoms with Crippen LogP contribution in [-0.2, 0) is 4.79 Å². The fourth-order valence-electron chi connectivity index (χ4n) is 2.49. The number of amides is 1. The van der Waals surface area contributed by atoms with Crippen molar-refractivity contribution in [3.8, 4) is 5.75 Å². The lowest BCUT2D eigenvalue weighted by molar-refractivity contribution is -0.122. The van der Waals surface area contributed by atoms with Gasteiger partial charge in [0.2, 0.25) is 0 Å². The Bertz CT molecular complexity index is 682. The van der Waals surface area contributed by atoms with Crippen LogP contribution in [0.3, 0.4) is 0 Å². The van der Waals surface area contributed by atoms with Crippen LogP contribution < -0.4 is 4.74 Å². The number of amidine groups is 1. The van der Waals surface area contributed by atoms with E-state index in [1.165, 1.54) is 11.8 Å². The third-order valence-corrected chi connectivity index (χ3v) is 4.99. The van der Waals surface area contributed by atoms with E-state index in [2.05, 4.69) is 25.4 Å². The van der Waals surface area contributed by atoms with E-state index in [4.69, 9.17) is 4.74 Å². The molecule has 1 amide bonds. The lowest BCUT2D eigenvalue weighted by atomic mass is 10.2. The first-order chi connectivity index (χ1) is 12.7. The van der Waals surface area contributed by atoms with Crippen molar-refractivity contribution in [2.45, 2.75) is 39.5 Å². The maximum Gasteiger partial charge on any atom is 0.266 e. The van der Waals surface area contributed by atoms with Crippen molar-refractivity contribution in [2.24, 2.45) is 4.99 Å². The standard InChI is InChI=1S/C21H28N2O2S/c1-4-7-13-22-21-23(14-8-5-2)20(24)19(26-21)16-17-11-9-10-12-18(17)25-15-6-3/h6,9-12,16H,3-5,7-8,13-15H2,1-2H3/b19-16-,22-21?. The van der Waals surface area contributed by atoms with Crippen molar-refractivity contribution in [3.63, 3.8) is 0 Å². The first-order valence-electron chi connectivity index (χ1n) is 9.29. The maximum absolute atomic E-state index is 12.9. The molecule has 5 heteroatoms. The van der Waals surface area contributed by atoms with Gasteiger partial charge in [-0.05, 0) is 36.7 Å². The number of nitrogens with zero attached hydrogens (tertiary/aromatic N) is 2. The Hall–Kier alpha value is -2.01. The van der Waals surface area contributed by atoms with Crippen LogP contribution in [-0.4, -0.2) is 35.7 Å². The Morgan fingerprint density at radius 2 is 2.00 bits per heavy atom. The number of hydrogen-bond acceptors (Lipinski definition) is 4. The molecule has 1 saturated heterocycles. The highest BCUT2D eigenvalue weighted by molar-refractivity contribution is 8.18. The van der Waals surface area contributed by atoms with Gasteiger partial charge in [0, 0.05) is 18.7 Å². The van der Waals surface area contributed by atoms with Gasteiger partial charge in [-0.3, -0.25) is 14.7 Å². The first kappa shape index (κ1) is 20.3. The summed E-state index contributed by atoms with van der Waals surface area (Å²) in [5.74, 6) is 0.794. The Balaban J connectivity index is 2.26. The van der Waals surface area contributed by atoms with Gasteiger partial charge in [0.15, 0.2) is 5.17 Å². The molecule has 4 nitrogen and oxygen atoms in total. The summed E-state index contributed by atoms with van der Waals surface area (Å²) in [5, 5.41) is 0.827. The van der Waals surface area contributed by atoms with Gasteiger partial charge in [-0.1, -0.05) is 57.5 Å². The molecule has 0 radical (unpaired) electrons. The maximum atomic E-state index is 12.9. The van der Waals surface area contributed by atoms with Crippen LogP contribution in [0, 0.1) is 0 Å². The number of aliphatic imine (C=N–C) groups is 1. The van der Waals surface area contributed by atoms with E-state index >= 15 is 0 Å². The van der Waals surface area contributed by atoms with Crippen molar-refractivity contribution < 1.29 is 9.53 Å². The number of unbranched alkanes of at least 4 members (excludes halogenated alkanes) is 2. The molecular weight excluding hydrogens is 344 g/mol. The van der Waals surface area contributed by atoms with Crippen molar-refractivity contribution in [1.29, 1.82) is 0 Å². The highest BCUT2D eigenvalue weighted by Gasteiger charge is 2.32. The summed E-state index contributed by atoms with van der Waals surface area (Å²) in [6.45, 7) is 9.88. The second-order valence-electron chi connectivity index (χ2n) is 6.08. The van der Waals surface area contributed by atoms with Crippen molar-refractivity contribution >= 4 is 28.9 Å². The average Bonchev–Trinajstić information content (AvgIpc) is 2.94. The van der Waals surface area contributed by atoms with Crippen LogP contribution in [0.2, 0.25) is 0 Å². The van der Waals surface area contributed by atoms with Gasteiger partial charge >= 0.3 is 0 Å². The molecule has 0 unspecified atom stereocenters. The molecule has 26 heavy (non-hydrogen) atoms. The number of benzene rings is 1. The first-order valence-corrected chi connectivity index (χ1v) is 10.1. The largest absolute Gasteiger partial charge is 0.489 e. The zero-order valence-electron chi connectivity index (χ0n) is 15.7. The van der Waals surface area contributed by atoms with Gasteiger partial charge in [0.05, 0.1) is 4.91 Å². The fourth-order valence-corrected chi connectivity index (χ4v) is 3.51. The van der Waals surface area contributed by atoms with Crippen LogP contribution in [0.5, 0.6) is 5.75 Å². The molecule has 1 aliphatic heterocycles. The lowest BCUT2D eigenvalue weighted by Crippen LogP contribution is -2.30. The fraction of sp³-hybridized carbons (Fsp3) is 0.429. The Labute approximate surface area is 161 Å². The molecule has 0 spiro atoms. The van der Waals surface area contributed by atoms with Crippen molar-refractivity contribution in [2.75, 3.05) is 19.7 Å². The van der Waals surface area contributed by atoms with E-state index in [1.807, 2.05) is 35.2 Å². The van der Waals surface area contributed by atoms with Gasteiger partial charge in [-0.25, -0.2) is 0 Å². The molecule has 1 heterocycles. The van der Waals surface area contributed by atoms with Crippen LogP contribution in [0.1, 0.15) is 45.1 Å². The summed E-state index contributed by atoms with van der Waals surface area (Å²) in [5.41, 5.74) is 0.899. The molecule has 2 rings (SSSR count). The van der Waals surface area contributed by atoms with Crippen molar-refractivity contribution in [1.82, 2.24) is 4.90 Å². The SMILES string of the molecule is C=CCOc1ccccc1/C=C1\SC(=NCCCC)N(CCCC)C1=O. The predicted molar refractivity (Wildman–Crippen MR) is 112 cm³/mol. The summed E-state index contributed by atoms with van der Waals surface area (Å²) in [4.78, 5) is 20.1. The lowest BCUT2D eigenvalue weighted by Gasteiger charge is -2.14. The summed E-state index contributed by atoms with van der Waals surface area (Å²) >= 11 is 1.47. The number of para-hydroxylation sites is 1. The summed E-state index contributed by atoms with van der Waals surface area (Å²) in [6.07, 6.45) is 7.79. The van der Waals surface area contributed by atoms with Crippen LogP contribution >= 0.6 is 11.8 Å². The zero-order valence-corrected chi connectivity index (χ0v) is 16.6. The number of carbonyl (C=O) groups is 1. The number of thioether (sulfide) groups is 1. The summed E-state index contributed by atoms with van der Waals surface area (Å²) in [6, 6.07) is 7.74. The molecular formula is C21H28N2O2S. The van der Waals surface area contributed by atoms with E-state index in [9.17, 15) is 4.79 Å². The second-order valence-corrected chi connectivity index (χ2v) is 7.09. The Morgan fingerprint density at radius 3 is 2.73 bits per heavy atom. The van der Waals surface area contributed by atoms with Crippen LogP contribution in [0.15, 0.2) is 46.8 Å². The van der Waals surface area contributed by atoms with Gasteiger partial charge in [0.1, 0.15) is 12.4 Å². The van der Waals surface area contributed by atoms with E-state index in [1.54, 1.807) is 6.08 Å². The molecule has 0 aliphatic carbocycles. The van der Waals surface area contributed by atoms with E-state index in [0.717, 1.165) is 55.3 Å². The summed E-state index contributed by atoms with van der Waals surface area (Å²) in [7, 11) is 0. The molecule has 140 valence electrons. The number of carbonyl (C=O) groups excluding carboxylic acids is 1. The number of rotatable bonds is 10. The minimum atomic E-state index is 0.0391. The number of hydrogen-bond donors (Lipinski definition) is 0. The third-order valence-electron chi connectivity index (χ3n) is 3.94. The second kappa shape index (κ2) is 10.9. The van der Waals surface area contributed by atoms with E-state index in [0.29, 0.717) is 11.5 Å². The molecule has 1 aromatic rings.